The predicted molar refractivity (Wildman–Crippen MR) is 73.1 cm³/mol. The van der Waals surface area contributed by atoms with Gasteiger partial charge in [0.05, 0.1) is 5.69 Å². The molecule has 0 amide bonds. The smallest absolute Gasteiger partial charge is 0.225 e. The Morgan fingerprint density at radius 1 is 1.17 bits per heavy atom. The third-order valence-corrected chi connectivity index (χ3v) is 2.90. The zero-order chi connectivity index (χ0) is 12.8. The Balaban J connectivity index is 1.95. The van der Waals surface area contributed by atoms with Crippen molar-refractivity contribution in [3.8, 4) is 0 Å². The van der Waals surface area contributed by atoms with Crippen LogP contribution in [0, 0.1) is 0 Å². The highest BCUT2D eigenvalue weighted by atomic mass is 15.6. The van der Waals surface area contributed by atoms with E-state index in [0.717, 1.165) is 31.9 Å². The molecule has 1 saturated heterocycles. The summed E-state index contributed by atoms with van der Waals surface area (Å²) in [6.07, 6.45) is 0. The molecule has 98 valence electrons. The highest BCUT2D eigenvalue weighted by Crippen LogP contribution is 2.09. The molecule has 0 spiro atoms. The van der Waals surface area contributed by atoms with Crippen LogP contribution in [-0.4, -0.2) is 49.1 Å². The number of rotatable bonds is 2. The fourth-order valence-electron chi connectivity index (χ4n) is 1.79. The van der Waals surface area contributed by atoms with E-state index in [4.69, 9.17) is 5.84 Å². The van der Waals surface area contributed by atoms with E-state index in [1.807, 2.05) is 30.3 Å². The average molecular weight is 248 g/mol. The van der Waals surface area contributed by atoms with E-state index < -0.39 is 0 Å². The molecule has 0 atom stereocenters. The van der Waals surface area contributed by atoms with Crippen LogP contribution in [0.25, 0.3) is 0 Å². The summed E-state index contributed by atoms with van der Waals surface area (Å²) in [6.45, 7) is 3.98. The predicted octanol–water partition coefficient (Wildman–Crippen LogP) is -0.111. The molecule has 1 heterocycles. The molecule has 0 aromatic heterocycles. The van der Waals surface area contributed by atoms with Crippen LogP contribution < -0.4 is 16.7 Å². The summed E-state index contributed by atoms with van der Waals surface area (Å²) in [5.41, 5.74) is 6.66. The fourth-order valence-corrected chi connectivity index (χ4v) is 1.79. The number of hydrogen-bond acceptors (Lipinski definition) is 4. The van der Waals surface area contributed by atoms with Crippen LogP contribution in [0.5, 0.6) is 0 Å². The monoisotopic (exact) mass is 248 g/mol. The van der Waals surface area contributed by atoms with E-state index in [1.54, 1.807) is 0 Å². The van der Waals surface area contributed by atoms with Crippen LogP contribution >= 0.6 is 0 Å². The number of guanidine groups is 1. The minimum absolute atomic E-state index is 0.561. The maximum atomic E-state index is 5.48. The van der Waals surface area contributed by atoms with Gasteiger partial charge in [0.2, 0.25) is 5.96 Å². The number of likely N-dealkylation sites (N-methyl/N-ethyl adjacent to an activating group) is 1. The van der Waals surface area contributed by atoms with Crippen molar-refractivity contribution in [3.05, 3.63) is 30.3 Å². The second-order valence-electron chi connectivity index (χ2n) is 4.34. The molecule has 1 aromatic rings. The molecular weight excluding hydrogens is 228 g/mol. The van der Waals surface area contributed by atoms with Crippen LogP contribution in [-0.2, 0) is 0 Å². The van der Waals surface area contributed by atoms with Gasteiger partial charge in [-0.1, -0.05) is 18.2 Å². The lowest BCUT2D eigenvalue weighted by atomic mass is 10.3. The van der Waals surface area contributed by atoms with E-state index in [2.05, 4.69) is 32.8 Å². The Morgan fingerprint density at radius 3 is 2.44 bits per heavy atom. The second-order valence-corrected chi connectivity index (χ2v) is 4.34. The van der Waals surface area contributed by atoms with Gasteiger partial charge >= 0.3 is 0 Å². The van der Waals surface area contributed by atoms with Gasteiger partial charge in [-0.15, -0.1) is 0 Å². The molecule has 0 saturated carbocycles. The van der Waals surface area contributed by atoms with Crippen LogP contribution in [0.15, 0.2) is 35.3 Å². The molecule has 6 nitrogen and oxygen atoms in total. The highest BCUT2D eigenvalue weighted by molar-refractivity contribution is 5.81. The lowest BCUT2D eigenvalue weighted by Crippen LogP contribution is -2.56. The van der Waals surface area contributed by atoms with Crippen molar-refractivity contribution in [2.45, 2.75) is 0 Å². The Hall–Kier alpha value is -1.63. The van der Waals surface area contributed by atoms with Gasteiger partial charge in [0, 0.05) is 26.2 Å². The maximum Gasteiger partial charge on any atom is 0.225 e. The van der Waals surface area contributed by atoms with Crippen LogP contribution in [0.3, 0.4) is 0 Å². The second kappa shape index (κ2) is 6.34. The van der Waals surface area contributed by atoms with Crippen LogP contribution in [0.1, 0.15) is 0 Å². The van der Waals surface area contributed by atoms with Gasteiger partial charge in [0.15, 0.2) is 0 Å². The minimum atomic E-state index is 0.561. The number of aliphatic imine (C=N–C) groups is 1. The van der Waals surface area contributed by atoms with Gasteiger partial charge in [-0.25, -0.2) is 15.8 Å². The first-order chi connectivity index (χ1) is 8.78. The Morgan fingerprint density at radius 2 is 1.83 bits per heavy atom. The summed E-state index contributed by atoms with van der Waals surface area (Å²) in [7, 11) is 2.12. The summed E-state index contributed by atoms with van der Waals surface area (Å²) in [5, 5.41) is 2.11. The molecule has 1 aromatic carbocycles. The third kappa shape index (κ3) is 3.69. The first-order valence-corrected chi connectivity index (χ1v) is 6.08. The number of nitrogens with zero attached hydrogens (tertiary/aromatic N) is 3. The molecule has 1 fully saturated rings. The summed E-state index contributed by atoms with van der Waals surface area (Å²) in [4.78, 5) is 6.70. The molecule has 4 N–H and O–H groups in total. The number of piperazine rings is 1. The molecule has 0 unspecified atom stereocenters. The molecule has 1 aliphatic rings. The lowest BCUT2D eigenvalue weighted by molar-refractivity contribution is 0.129. The molecule has 18 heavy (non-hydrogen) atoms. The van der Waals surface area contributed by atoms with Crippen molar-refractivity contribution in [3.63, 3.8) is 0 Å². The summed E-state index contributed by atoms with van der Waals surface area (Å²) in [6, 6.07) is 9.72. The van der Waals surface area contributed by atoms with Crippen LogP contribution in [0.4, 0.5) is 5.69 Å². The van der Waals surface area contributed by atoms with Gasteiger partial charge in [-0.2, -0.15) is 0 Å². The molecule has 6 heteroatoms. The normalized spacial score (nSPS) is 18.7. The molecule has 1 aliphatic heterocycles. The number of hydrazine groups is 2. The summed E-state index contributed by atoms with van der Waals surface area (Å²) >= 11 is 0. The summed E-state index contributed by atoms with van der Waals surface area (Å²) < 4.78 is 0. The van der Waals surface area contributed by atoms with E-state index in [1.165, 1.54) is 0 Å². The van der Waals surface area contributed by atoms with Gasteiger partial charge in [0.1, 0.15) is 0 Å². The topological polar surface area (TPSA) is 68.9 Å². The van der Waals surface area contributed by atoms with Gasteiger partial charge in [-0.3, -0.25) is 10.9 Å². The minimum Gasteiger partial charge on any atom is -0.304 e. The highest BCUT2D eigenvalue weighted by Gasteiger charge is 2.14. The Labute approximate surface area is 107 Å². The van der Waals surface area contributed by atoms with Crippen molar-refractivity contribution in [1.82, 2.24) is 20.8 Å². The Kier molecular flexibility index (Phi) is 4.52. The fraction of sp³-hybridized carbons (Fsp3) is 0.417. The van der Waals surface area contributed by atoms with Crippen molar-refractivity contribution in [1.29, 1.82) is 0 Å². The quantitative estimate of drug-likeness (QED) is 0.295. The van der Waals surface area contributed by atoms with Crippen LogP contribution in [0.2, 0.25) is 0 Å². The van der Waals surface area contributed by atoms with E-state index >= 15 is 0 Å². The van der Waals surface area contributed by atoms with Crippen molar-refractivity contribution < 1.29 is 0 Å². The molecule has 2 rings (SSSR count). The number of benzene rings is 1. The first kappa shape index (κ1) is 12.8. The van der Waals surface area contributed by atoms with Gasteiger partial charge in [0.25, 0.3) is 0 Å². The molecule has 0 radical (unpaired) electrons. The van der Waals surface area contributed by atoms with Crippen molar-refractivity contribution in [2.24, 2.45) is 10.8 Å². The number of para-hydroxylation sites is 1. The standard InChI is InChI=1S/C12H20N6/c1-17-7-9-18(10-8-17)16-12(15-13)14-11-5-3-2-4-6-11/h2-6H,7-10,13H2,1H3,(H2,14,15,16). The third-order valence-electron chi connectivity index (χ3n) is 2.90. The number of nitrogens with two attached hydrogens (primary N) is 1. The SMILES string of the molecule is CN1CCN(NC(=Nc2ccccc2)NN)CC1. The Bertz CT molecular complexity index is 383. The van der Waals surface area contributed by atoms with Gasteiger partial charge in [-0.05, 0) is 19.2 Å². The lowest BCUT2D eigenvalue weighted by Gasteiger charge is -2.33. The molecular formula is C12H20N6. The van der Waals surface area contributed by atoms with Crippen molar-refractivity contribution >= 4 is 11.6 Å². The average Bonchev–Trinajstić information content (AvgIpc) is 2.41. The zero-order valence-corrected chi connectivity index (χ0v) is 10.6. The summed E-state index contributed by atoms with van der Waals surface area (Å²) in [5.74, 6) is 6.05. The van der Waals surface area contributed by atoms with Crippen molar-refractivity contribution in [2.75, 3.05) is 33.2 Å². The number of nitrogens with one attached hydrogen (secondary N) is 2. The maximum absolute atomic E-state index is 5.48. The van der Waals surface area contributed by atoms with E-state index in [-0.39, 0.29) is 0 Å². The largest absolute Gasteiger partial charge is 0.304 e. The zero-order valence-electron chi connectivity index (χ0n) is 10.6. The van der Waals surface area contributed by atoms with Gasteiger partial charge < -0.3 is 4.90 Å². The first-order valence-electron chi connectivity index (χ1n) is 6.08. The molecule has 0 bridgehead atoms. The van der Waals surface area contributed by atoms with E-state index in [0.29, 0.717) is 5.96 Å². The van der Waals surface area contributed by atoms with E-state index in [9.17, 15) is 0 Å². The number of hydrogen-bond donors (Lipinski definition) is 3. The molecule has 0 aliphatic carbocycles.